The van der Waals surface area contributed by atoms with Crippen LogP contribution in [0.1, 0.15) is 37.3 Å². The first-order valence-electron chi connectivity index (χ1n) is 10.3. The summed E-state index contributed by atoms with van der Waals surface area (Å²) in [5.41, 5.74) is 2.85. The van der Waals surface area contributed by atoms with Crippen molar-refractivity contribution in [2.45, 2.75) is 38.6 Å². The number of hydrogen-bond acceptors (Lipinski definition) is 3. The van der Waals surface area contributed by atoms with Crippen LogP contribution in [-0.2, 0) is 4.79 Å². The van der Waals surface area contributed by atoms with Crippen molar-refractivity contribution in [2.24, 2.45) is 0 Å². The van der Waals surface area contributed by atoms with Crippen molar-refractivity contribution in [3.63, 3.8) is 0 Å². The zero-order chi connectivity index (χ0) is 20.2. The van der Waals surface area contributed by atoms with Gasteiger partial charge in [-0.1, -0.05) is 30.3 Å². The summed E-state index contributed by atoms with van der Waals surface area (Å²) >= 11 is 0. The maximum absolute atomic E-state index is 12.5. The molecule has 1 aromatic heterocycles. The van der Waals surface area contributed by atoms with Gasteiger partial charge in [0.25, 0.3) is 0 Å². The summed E-state index contributed by atoms with van der Waals surface area (Å²) < 4.78 is 7.64. The van der Waals surface area contributed by atoms with Gasteiger partial charge in [0.05, 0.1) is 17.6 Å². The molecule has 29 heavy (non-hydrogen) atoms. The number of fused-ring (bicyclic) bond motifs is 1. The fourth-order valence-electron chi connectivity index (χ4n) is 4.09. The van der Waals surface area contributed by atoms with Crippen LogP contribution in [0.4, 0.5) is 0 Å². The third-order valence-electron chi connectivity index (χ3n) is 5.69. The number of amides is 1. The normalized spacial score (nSPS) is 15.0. The fraction of sp³-hybridized carbons (Fsp3) is 0.391. The Balaban J connectivity index is 1.27. The minimum atomic E-state index is -0.0654. The smallest absolute Gasteiger partial charge is 0.326 e. The number of benzene rings is 2. The van der Waals surface area contributed by atoms with Crippen LogP contribution in [0.3, 0.4) is 0 Å². The van der Waals surface area contributed by atoms with E-state index in [9.17, 15) is 9.59 Å². The average Bonchev–Trinajstić information content (AvgIpc) is 3.08. The van der Waals surface area contributed by atoms with Crippen molar-refractivity contribution in [2.75, 3.05) is 19.7 Å². The van der Waals surface area contributed by atoms with Crippen molar-refractivity contribution < 1.29 is 9.53 Å². The number of aryl methyl sites for hydroxylation is 1. The molecular formula is C23H27N3O3. The Bertz CT molecular complexity index is 1040. The molecular weight excluding hydrogens is 366 g/mol. The number of hydrogen-bond donors (Lipinski definition) is 1. The second-order valence-electron chi connectivity index (χ2n) is 7.65. The van der Waals surface area contributed by atoms with Gasteiger partial charge in [0, 0.05) is 25.6 Å². The number of aromatic nitrogens is 2. The lowest BCUT2D eigenvalue weighted by molar-refractivity contribution is -0.132. The molecule has 0 bridgehead atoms. The van der Waals surface area contributed by atoms with Crippen LogP contribution >= 0.6 is 0 Å². The number of likely N-dealkylation sites (tertiary alicyclic amines) is 1. The van der Waals surface area contributed by atoms with Crippen molar-refractivity contribution in [3.05, 3.63) is 64.6 Å². The summed E-state index contributed by atoms with van der Waals surface area (Å²) in [5, 5.41) is 0. The van der Waals surface area contributed by atoms with E-state index in [1.54, 1.807) is 0 Å². The third kappa shape index (κ3) is 4.21. The Hall–Kier alpha value is -3.02. The van der Waals surface area contributed by atoms with E-state index in [2.05, 4.69) is 4.98 Å². The average molecular weight is 393 g/mol. The SMILES string of the molecule is Cc1ccccc1OCCCC(=O)N1CCC(n2c(=O)[nH]c3ccccc32)CC1. The van der Waals surface area contributed by atoms with E-state index in [0.29, 0.717) is 32.5 Å². The number of ether oxygens (including phenoxy) is 1. The monoisotopic (exact) mass is 393 g/mol. The highest BCUT2D eigenvalue weighted by molar-refractivity contribution is 5.76. The second kappa shape index (κ2) is 8.55. The molecule has 152 valence electrons. The molecule has 0 saturated carbocycles. The molecule has 0 aliphatic carbocycles. The van der Waals surface area contributed by atoms with Crippen LogP contribution in [0.25, 0.3) is 11.0 Å². The summed E-state index contributed by atoms with van der Waals surface area (Å²) in [7, 11) is 0. The molecule has 1 amide bonds. The van der Waals surface area contributed by atoms with Gasteiger partial charge in [-0.25, -0.2) is 4.79 Å². The Morgan fingerprint density at radius 2 is 1.83 bits per heavy atom. The van der Waals surface area contributed by atoms with Crippen LogP contribution in [0.5, 0.6) is 5.75 Å². The van der Waals surface area contributed by atoms with Gasteiger partial charge in [0.1, 0.15) is 5.75 Å². The van der Waals surface area contributed by atoms with E-state index in [1.165, 1.54) is 0 Å². The predicted octanol–water partition coefficient (Wildman–Crippen LogP) is 3.66. The number of piperidine rings is 1. The van der Waals surface area contributed by atoms with E-state index < -0.39 is 0 Å². The number of nitrogens with one attached hydrogen (secondary N) is 1. The lowest BCUT2D eigenvalue weighted by Crippen LogP contribution is -2.40. The molecule has 0 radical (unpaired) electrons. The summed E-state index contributed by atoms with van der Waals surface area (Å²) in [6.07, 6.45) is 2.79. The first kappa shape index (κ1) is 19.3. The lowest BCUT2D eigenvalue weighted by atomic mass is 10.0. The van der Waals surface area contributed by atoms with Gasteiger partial charge in [-0.15, -0.1) is 0 Å². The molecule has 0 unspecified atom stereocenters. The zero-order valence-electron chi connectivity index (χ0n) is 16.8. The number of para-hydroxylation sites is 3. The molecule has 1 fully saturated rings. The molecule has 0 atom stereocenters. The third-order valence-corrected chi connectivity index (χ3v) is 5.69. The van der Waals surface area contributed by atoms with Gasteiger partial charge in [-0.2, -0.15) is 0 Å². The number of imidazole rings is 1. The summed E-state index contributed by atoms with van der Waals surface area (Å²) in [6.45, 7) is 3.93. The van der Waals surface area contributed by atoms with Gasteiger partial charge in [0.2, 0.25) is 5.91 Å². The Labute approximate surface area is 170 Å². The number of rotatable bonds is 6. The highest BCUT2D eigenvalue weighted by atomic mass is 16.5. The summed E-state index contributed by atoms with van der Waals surface area (Å²) in [5.74, 6) is 1.05. The van der Waals surface area contributed by atoms with Gasteiger partial charge in [0.15, 0.2) is 0 Å². The number of H-pyrrole nitrogens is 1. The molecule has 3 aromatic rings. The number of carbonyl (C=O) groups excluding carboxylic acids is 1. The molecule has 6 heteroatoms. The van der Waals surface area contributed by atoms with Gasteiger partial charge < -0.3 is 14.6 Å². The molecule has 2 aromatic carbocycles. The van der Waals surface area contributed by atoms with Crippen LogP contribution in [-0.4, -0.2) is 40.1 Å². The van der Waals surface area contributed by atoms with E-state index in [-0.39, 0.29) is 17.6 Å². The van der Waals surface area contributed by atoms with Gasteiger partial charge >= 0.3 is 5.69 Å². The molecule has 6 nitrogen and oxygen atoms in total. The van der Waals surface area contributed by atoms with Crippen LogP contribution in [0.15, 0.2) is 53.3 Å². The maximum Gasteiger partial charge on any atom is 0.326 e. The Morgan fingerprint density at radius 1 is 1.10 bits per heavy atom. The molecule has 4 rings (SSSR count). The molecule has 1 aliphatic rings. The highest BCUT2D eigenvalue weighted by Gasteiger charge is 2.25. The van der Waals surface area contributed by atoms with Crippen LogP contribution in [0, 0.1) is 6.92 Å². The van der Waals surface area contributed by atoms with Crippen molar-refractivity contribution in [1.29, 1.82) is 0 Å². The Kier molecular flexibility index (Phi) is 5.69. The number of carbonyl (C=O) groups is 1. The quantitative estimate of drug-likeness (QED) is 0.650. The zero-order valence-corrected chi connectivity index (χ0v) is 16.8. The van der Waals surface area contributed by atoms with Crippen molar-refractivity contribution in [1.82, 2.24) is 14.5 Å². The fourth-order valence-corrected chi connectivity index (χ4v) is 4.09. The number of nitrogens with zero attached hydrogens (tertiary/aromatic N) is 2. The van der Waals surface area contributed by atoms with Crippen LogP contribution < -0.4 is 10.4 Å². The van der Waals surface area contributed by atoms with Crippen molar-refractivity contribution >= 4 is 16.9 Å². The van der Waals surface area contributed by atoms with E-state index in [0.717, 1.165) is 35.2 Å². The molecule has 1 aliphatic heterocycles. The van der Waals surface area contributed by atoms with E-state index in [1.807, 2.05) is 64.9 Å². The van der Waals surface area contributed by atoms with E-state index in [4.69, 9.17) is 4.74 Å². The van der Waals surface area contributed by atoms with Gasteiger partial charge in [-0.3, -0.25) is 9.36 Å². The van der Waals surface area contributed by atoms with Crippen LogP contribution in [0.2, 0.25) is 0 Å². The highest BCUT2D eigenvalue weighted by Crippen LogP contribution is 2.25. The first-order chi connectivity index (χ1) is 14.1. The lowest BCUT2D eigenvalue weighted by Gasteiger charge is -2.32. The minimum absolute atomic E-state index is 0.0654. The predicted molar refractivity (Wildman–Crippen MR) is 113 cm³/mol. The molecule has 1 saturated heterocycles. The second-order valence-corrected chi connectivity index (χ2v) is 7.65. The first-order valence-corrected chi connectivity index (χ1v) is 10.3. The molecule has 0 spiro atoms. The largest absolute Gasteiger partial charge is 0.493 e. The standard InChI is InChI=1S/C23H27N3O3/c1-17-7-2-5-10-21(17)29-16-6-11-22(27)25-14-12-18(13-15-25)26-20-9-4-3-8-19(20)24-23(26)28/h2-5,7-10,18H,6,11-16H2,1H3,(H,24,28). The summed E-state index contributed by atoms with van der Waals surface area (Å²) in [6, 6.07) is 15.8. The maximum atomic E-state index is 12.5. The topological polar surface area (TPSA) is 67.3 Å². The Morgan fingerprint density at radius 3 is 2.62 bits per heavy atom. The molecule has 2 heterocycles. The molecule has 1 N–H and O–H groups in total. The van der Waals surface area contributed by atoms with Gasteiger partial charge in [-0.05, 0) is 49.9 Å². The number of aromatic amines is 1. The van der Waals surface area contributed by atoms with E-state index >= 15 is 0 Å². The summed E-state index contributed by atoms with van der Waals surface area (Å²) in [4.78, 5) is 29.8. The minimum Gasteiger partial charge on any atom is -0.493 e. The van der Waals surface area contributed by atoms with Crippen molar-refractivity contribution in [3.8, 4) is 5.75 Å².